The third-order valence-corrected chi connectivity index (χ3v) is 10.7. The third kappa shape index (κ3) is 3.65. The molecule has 0 amide bonds. The van der Waals surface area contributed by atoms with Crippen molar-refractivity contribution >= 4 is 18.7 Å². The fourth-order valence-electron chi connectivity index (χ4n) is 4.36. The van der Waals surface area contributed by atoms with E-state index in [1.165, 1.54) is 10.4 Å². The molecule has 0 spiro atoms. The van der Waals surface area contributed by atoms with Gasteiger partial charge < -0.3 is 15.9 Å². The van der Waals surface area contributed by atoms with Crippen molar-refractivity contribution in [3.05, 3.63) is 60.7 Å². The van der Waals surface area contributed by atoms with Gasteiger partial charge in [-0.1, -0.05) is 81.4 Å². The fourth-order valence-corrected chi connectivity index (χ4v) is 8.92. The maximum atomic E-state index is 6.89. The highest BCUT2D eigenvalue weighted by Gasteiger charge is 2.50. The molecule has 1 saturated carbocycles. The van der Waals surface area contributed by atoms with Gasteiger partial charge in [-0.25, -0.2) is 0 Å². The van der Waals surface area contributed by atoms with Crippen LogP contribution in [0, 0.1) is 0 Å². The predicted molar refractivity (Wildman–Crippen MR) is 112 cm³/mol. The van der Waals surface area contributed by atoms with Gasteiger partial charge in [0.2, 0.25) is 0 Å². The first-order valence-electron chi connectivity index (χ1n) is 9.56. The van der Waals surface area contributed by atoms with Crippen molar-refractivity contribution in [2.24, 2.45) is 11.5 Å². The van der Waals surface area contributed by atoms with E-state index in [4.69, 9.17) is 15.9 Å². The lowest BCUT2D eigenvalue weighted by atomic mass is 9.72. The molecule has 1 fully saturated rings. The summed E-state index contributed by atoms with van der Waals surface area (Å²) in [5.74, 6) is 0. The molecule has 4 N–H and O–H groups in total. The van der Waals surface area contributed by atoms with Gasteiger partial charge in [0.25, 0.3) is 8.32 Å². The summed E-state index contributed by atoms with van der Waals surface area (Å²) in [5, 5.41) is 2.64. The van der Waals surface area contributed by atoms with E-state index in [0.717, 1.165) is 19.3 Å². The van der Waals surface area contributed by atoms with Crippen molar-refractivity contribution in [2.45, 2.75) is 56.7 Å². The highest BCUT2D eigenvalue weighted by atomic mass is 28.4. The summed E-state index contributed by atoms with van der Waals surface area (Å²) in [6.45, 7) is 7.58. The van der Waals surface area contributed by atoms with Crippen LogP contribution in [-0.2, 0) is 4.43 Å². The number of benzene rings is 2. The van der Waals surface area contributed by atoms with Crippen LogP contribution in [0.15, 0.2) is 60.7 Å². The molecule has 0 unspecified atom stereocenters. The largest absolute Gasteiger partial charge is 0.407 e. The van der Waals surface area contributed by atoms with Gasteiger partial charge in [-0.15, -0.1) is 0 Å². The van der Waals surface area contributed by atoms with E-state index >= 15 is 0 Å². The monoisotopic (exact) mass is 368 g/mol. The molecule has 1 aliphatic carbocycles. The second-order valence-corrected chi connectivity index (χ2v) is 13.1. The maximum absolute atomic E-state index is 6.89. The summed E-state index contributed by atoms with van der Waals surface area (Å²) in [4.78, 5) is 0. The lowest BCUT2D eigenvalue weighted by molar-refractivity contribution is 0.155. The molecule has 0 aromatic heterocycles. The number of nitrogens with two attached hydrogens (primary N) is 2. The van der Waals surface area contributed by atoms with Crippen LogP contribution < -0.4 is 21.8 Å². The molecule has 3 nitrogen and oxygen atoms in total. The van der Waals surface area contributed by atoms with Gasteiger partial charge in [-0.05, 0) is 34.7 Å². The molecule has 2 aromatic carbocycles. The van der Waals surface area contributed by atoms with Crippen molar-refractivity contribution in [3.8, 4) is 0 Å². The van der Waals surface area contributed by atoms with Crippen molar-refractivity contribution in [3.63, 3.8) is 0 Å². The molecule has 3 rings (SSSR count). The molecule has 1 aliphatic rings. The third-order valence-electron chi connectivity index (χ3n) is 5.67. The van der Waals surface area contributed by atoms with E-state index in [0.29, 0.717) is 6.61 Å². The SMILES string of the molecule is CC(C)(C)[Si](OCC[C@]1(N)C[C@@H](N)C1)(c1ccccc1)c1ccccc1. The number of hydrogen-bond acceptors (Lipinski definition) is 3. The molecule has 0 bridgehead atoms. The van der Waals surface area contributed by atoms with Crippen LogP contribution in [0.25, 0.3) is 0 Å². The van der Waals surface area contributed by atoms with Crippen LogP contribution in [-0.4, -0.2) is 26.5 Å². The Bertz CT molecular complexity index is 666. The summed E-state index contributed by atoms with van der Waals surface area (Å²) >= 11 is 0. The average Bonchev–Trinajstić information content (AvgIpc) is 2.58. The summed E-state index contributed by atoms with van der Waals surface area (Å²) in [6, 6.07) is 21.8. The predicted octanol–water partition coefficient (Wildman–Crippen LogP) is 2.77. The fraction of sp³-hybridized carbons (Fsp3) is 0.455. The Morgan fingerprint density at radius 2 is 1.42 bits per heavy atom. The maximum Gasteiger partial charge on any atom is 0.261 e. The summed E-state index contributed by atoms with van der Waals surface area (Å²) in [6.07, 6.45) is 2.67. The lowest BCUT2D eigenvalue weighted by Crippen LogP contribution is -2.67. The Labute approximate surface area is 158 Å². The average molecular weight is 369 g/mol. The van der Waals surface area contributed by atoms with Crippen LogP contribution in [0.2, 0.25) is 5.04 Å². The second-order valence-electron chi connectivity index (χ2n) is 8.79. The van der Waals surface area contributed by atoms with Gasteiger partial charge in [0.1, 0.15) is 0 Å². The molecule has 0 saturated heterocycles. The van der Waals surface area contributed by atoms with Gasteiger partial charge >= 0.3 is 0 Å². The van der Waals surface area contributed by atoms with Crippen LogP contribution in [0.1, 0.15) is 40.0 Å². The molecule has 4 heteroatoms. The normalized spacial score (nSPS) is 23.5. The molecule has 2 aromatic rings. The highest BCUT2D eigenvalue weighted by Crippen LogP contribution is 2.38. The van der Waals surface area contributed by atoms with E-state index in [-0.39, 0.29) is 16.6 Å². The molecular formula is C22H32N2OSi. The van der Waals surface area contributed by atoms with E-state index in [1.54, 1.807) is 0 Å². The van der Waals surface area contributed by atoms with Crippen LogP contribution >= 0.6 is 0 Å². The van der Waals surface area contributed by atoms with Crippen LogP contribution in [0.5, 0.6) is 0 Å². The summed E-state index contributed by atoms with van der Waals surface area (Å²) in [7, 11) is -2.44. The minimum atomic E-state index is -2.44. The van der Waals surface area contributed by atoms with Gasteiger partial charge in [0.05, 0.1) is 0 Å². The molecule has 140 valence electrons. The Morgan fingerprint density at radius 3 is 1.81 bits per heavy atom. The van der Waals surface area contributed by atoms with Crippen LogP contribution in [0.4, 0.5) is 0 Å². The van der Waals surface area contributed by atoms with E-state index in [9.17, 15) is 0 Å². The zero-order valence-electron chi connectivity index (χ0n) is 16.2. The minimum Gasteiger partial charge on any atom is -0.407 e. The van der Waals surface area contributed by atoms with Crippen molar-refractivity contribution in [2.75, 3.05) is 6.61 Å². The first kappa shape index (κ1) is 19.3. The van der Waals surface area contributed by atoms with E-state index in [1.807, 2.05) is 0 Å². The number of hydrogen-bond donors (Lipinski definition) is 2. The molecule has 0 aliphatic heterocycles. The van der Waals surface area contributed by atoms with Crippen LogP contribution in [0.3, 0.4) is 0 Å². The first-order valence-corrected chi connectivity index (χ1v) is 11.5. The van der Waals surface area contributed by atoms with E-state index in [2.05, 4.69) is 81.4 Å². The Balaban J connectivity index is 1.95. The van der Waals surface area contributed by atoms with E-state index < -0.39 is 8.32 Å². The van der Waals surface area contributed by atoms with Crippen molar-refractivity contribution in [1.82, 2.24) is 0 Å². The minimum absolute atomic E-state index is 0.00743. The zero-order chi connectivity index (χ0) is 18.8. The molecule has 0 atom stereocenters. The molecule has 0 heterocycles. The zero-order valence-corrected chi connectivity index (χ0v) is 17.2. The number of rotatable bonds is 6. The summed E-state index contributed by atoms with van der Waals surface area (Å²) < 4.78 is 6.89. The van der Waals surface area contributed by atoms with Gasteiger partial charge in [-0.2, -0.15) is 0 Å². The smallest absolute Gasteiger partial charge is 0.261 e. The lowest BCUT2D eigenvalue weighted by Gasteiger charge is -2.46. The molecule has 0 radical (unpaired) electrons. The Morgan fingerprint density at radius 1 is 0.962 bits per heavy atom. The Hall–Kier alpha value is -1.46. The second kappa shape index (κ2) is 7.28. The van der Waals surface area contributed by atoms with Crippen molar-refractivity contribution < 1.29 is 4.43 Å². The van der Waals surface area contributed by atoms with Gasteiger partial charge in [0, 0.05) is 18.2 Å². The van der Waals surface area contributed by atoms with Gasteiger partial charge in [0.15, 0.2) is 0 Å². The first-order chi connectivity index (χ1) is 12.3. The Kier molecular flexibility index (Phi) is 5.40. The highest BCUT2D eigenvalue weighted by molar-refractivity contribution is 6.99. The summed E-state index contributed by atoms with van der Waals surface area (Å²) in [5.41, 5.74) is 12.3. The van der Waals surface area contributed by atoms with Crippen molar-refractivity contribution in [1.29, 1.82) is 0 Å². The topological polar surface area (TPSA) is 61.3 Å². The molecule has 26 heavy (non-hydrogen) atoms. The quantitative estimate of drug-likeness (QED) is 0.771. The van der Waals surface area contributed by atoms with Gasteiger partial charge in [-0.3, -0.25) is 0 Å². The molecular weight excluding hydrogens is 336 g/mol. The standard InChI is InChI=1S/C22H32N2OSi/c1-21(2,3)26(19-10-6-4-7-11-19,20-12-8-5-9-13-20)25-15-14-22(24)16-18(23)17-22/h4-13,18H,14-17,23-24H2,1-3H3/t18-,22+.